The fraction of sp³-hybridized carbons (Fsp3) is 0.294. The Hall–Kier alpha value is -4.12. The number of aryl methyl sites for hydroxylation is 2. The maximum atomic E-state index is 6.66. The van der Waals surface area contributed by atoms with Gasteiger partial charge in [0, 0.05) is 44.7 Å². The van der Waals surface area contributed by atoms with Crippen molar-refractivity contribution in [3.8, 4) is 22.6 Å². The van der Waals surface area contributed by atoms with Gasteiger partial charge in [-0.2, -0.15) is 4.57 Å². The second kappa shape index (κ2) is 8.70. The van der Waals surface area contributed by atoms with Crippen molar-refractivity contribution in [2.45, 2.75) is 59.3 Å². The van der Waals surface area contributed by atoms with Crippen molar-refractivity contribution < 1.29 is 8.98 Å². The third-order valence-electron chi connectivity index (χ3n) is 7.42. The molecule has 0 aliphatic heterocycles. The summed E-state index contributed by atoms with van der Waals surface area (Å²) in [5.74, 6) is 2.27. The molecule has 3 aromatic carbocycles. The lowest BCUT2D eigenvalue weighted by Gasteiger charge is -2.22. The van der Waals surface area contributed by atoms with Gasteiger partial charge in [-0.15, -0.1) is 0 Å². The van der Waals surface area contributed by atoms with Crippen molar-refractivity contribution in [1.82, 2.24) is 15.0 Å². The molecule has 0 unspecified atom stereocenters. The smallest absolute Gasteiger partial charge is 0.216 e. The SMILES string of the molecule is Cc1ccc2c(oc3cc(-c4nc(C(C)(C)C)nc(C(C)(C)C)n4)ccc32)c1-c1ccc2ccccc2[n+]1C. The van der Waals surface area contributed by atoms with Gasteiger partial charge < -0.3 is 4.42 Å². The standard InChI is InChI=1S/C34H35N4O/c1-20-13-16-24-23-17-14-22(30-35-31(33(2,3)4)37-32(36-30)34(5,6)7)19-27(23)39-29(24)28(20)26-18-15-21-11-9-10-12-25(21)38(26)8/h9-19H,1-8H3/q+1. The van der Waals surface area contributed by atoms with Crippen LogP contribution in [0.4, 0.5) is 0 Å². The Balaban J connectivity index is 1.57. The predicted octanol–water partition coefficient (Wildman–Crippen LogP) is 7.99. The molecule has 5 heteroatoms. The van der Waals surface area contributed by atoms with Crippen LogP contribution >= 0.6 is 0 Å². The van der Waals surface area contributed by atoms with Gasteiger partial charge in [0.2, 0.25) is 11.2 Å². The summed E-state index contributed by atoms with van der Waals surface area (Å²) in [4.78, 5) is 14.6. The van der Waals surface area contributed by atoms with Gasteiger partial charge in [-0.25, -0.2) is 15.0 Å². The van der Waals surface area contributed by atoms with E-state index >= 15 is 0 Å². The molecule has 0 bridgehead atoms. The summed E-state index contributed by atoms with van der Waals surface area (Å²) >= 11 is 0. The van der Waals surface area contributed by atoms with Crippen LogP contribution < -0.4 is 4.57 Å². The maximum Gasteiger partial charge on any atom is 0.216 e. The molecule has 3 aromatic heterocycles. The van der Waals surface area contributed by atoms with Gasteiger partial charge in [-0.1, -0.05) is 71.9 Å². The summed E-state index contributed by atoms with van der Waals surface area (Å²) in [7, 11) is 2.12. The highest BCUT2D eigenvalue weighted by molar-refractivity contribution is 6.10. The normalized spacial score (nSPS) is 12.6. The summed E-state index contributed by atoms with van der Waals surface area (Å²) in [6.07, 6.45) is 0. The molecule has 0 saturated carbocycles. The number of aromatic nitrogens is 4. The Morgan fingerprint density at radius 2 is 1.38 bits per heavy atom. The number of hydrogen-bond acceptors (Lipinski definition) is 4. The topological polar surface area (TPSA) is 55.7 Å². The van der Waals surface area contributed by atoms with Crippen LogP contribution in [0, 0.1) is 6.92 Å². The van der Waals surface area contributed by atoms with E-state index in [9.17, 15) is 0 Å². The molecule has 5 nitrogen and oxygen atoms in total. The molecule has 39 heavy (non-hydrogen) atoms. The van der Waals surface area contributed by atoms with E-state index in [-0.39, 0.29) is 10.8 Å². The van der Waals surface area contributed by atoms with Crippen LogP contribution in [0.3, 0.4) is 0 Å². The van der Waals surface area contributed by atoms with Gasteiger partial charge in [-0.05, 0) is 36.8 Å². The number of para-hydroxylation sites is 1. The Morgan fingerprint density at radius 3 is 2.08 bits per heavy atom. The van der Waals surface area contributed by atoms with Crippen molar-refractivity contribution in [1.29, 1.82) is 0 Å². The van der Waals surface area contributed by atoms with E-state index < -0.39 is 0 Å². The summed E-state index contributed by atoms with van der Waals surface area (Å²) in [5.41, 5.74) is 6.86. The third kappa shape index (κ3) is 4.26. The molecule has 0 radical (unpaired) electrons. The first-order chi connectivity index (χ1) is 18.4. The largest absolute Gasteiger partial charge is 0.455 e. The average Bonchev–Trinajstić information content (AvgIpc) is 3.26. The molecule has 0 amide bonds. The van der Waals surface area contributed by atoms with Crippen molar-refractivity contribution in [2.75, 3.05) is 0 Å². The molecular weight excluding hydrogens is 480 g/mol. The number of rotatable bonds is 2. The minimum atomic E-state index is -0.192. The first kappa shape index (κ1) is 25.2. The van der Waals surface area contributed by atoms with Crippen LogP contribution in [0.25, 0.3) is 55.5 Å². The van der Waals surface area contributed by atoms with Gasteiger partial charge in [0.15, 0.2) is 5.82 Å². The van der Waals surface area contributed by atoms with Crippen molar-refractivity contribution in [3.05, 3.63) is 83.9 Å². The lowest BCUT2D eigenvalue weighted by molar-refractivity contribution is -0.633. The molecule has 3 heterocycles. The monoisotopic (exact) mass is 515 g/mol. The van der Waals surface area contributed by atoms with Crippen LogP contribution in [-0.4, -0.2) is 15.0 Å². The second-order valence-corrected chi connectivity index (χ2v) is 12.6. The Labute approximate surface area is 229 Å². The fourth-order valence-electron chi connectivity index (χ4n) is 5.17. The molecule has 0 aliphatic carbocycles. The quantitative estimate of drug-likeness (QED) is 0.219. The summed E-state index contributed by atoms with van der Waals surface area (Å²) in [6.45, 7) is 15.0. The van der Waals surface area contributed by atoms with E-state index in [0.29, 0.717) is 5.82 Å². The Bertz CT molecular complexity index is 1870. The third-order valence-corrected chi connectivity index (χ3v) is 7.42. The number of pyridine rings is 1. The van der Waals surface area contributed by atoms with Crippen molar-refractivity contribution >= 4 is 32.8 Å². The highest BCUT2D eigenvalue weighted by Crippen LogP contribution is 2.38. The van der Waals surface area contributed by atoms with E-state index in [2.05, 4.69) is 127 Å². The van der Waals surface area contributed by atoms with E-state index in [1.807, 2.05) is 0 Å². The minimum Gasteiger partial charge on any atom is -0.455 e. The second-order valence-electron chi connectivity index (χ2n) is 12.6. The number of hydrogen-bond donors (Lipinski definition) is 0. The lowest BCUT2D eigenvalue weighted by atomic mass is 9.93. The van der Waals surface area contributed by atoms with Crippen LogP contribution in [-0.2, 0) is 17.9 Å². The van der Waals surface area contributed by atoms with Crippen LogP contribution in [0.15, 0.2) is 71.1 Å². The molecule has 6 aromatic rings. The molecule has 0 atom stereocenters. The molecule has 0 aliphatic rings. The molecule has 6 rings (SSSR count). The predicted molar refractivity (Wildman–Crippen MR) is 159 cm³/mol. The van der Waals surface area contributed by atoms with Crippen molar-refractivity contribution in [3.63, 3.8) is 0 Å². The van der Waals surface area contributed by atoms with E-state index in [0.717, 1.165) is 50.4 Å². The van der Waals surface area contributed by atoms with Crippen LogP contribution in [0.5, 0.6) is 0 Å². The minimum absolute atomic E-state index is 0.192. The summed E-state index contributed by atoms with van der Waals surface area (Å²) in [5, 5.41) is 3.40. The highest BCUT2D eigenvalue weighted by atomic mass is 16.3. The molecule has 0 N–H and O–H groups in total. The van der Waals surface area contributed by atoms with E-state index in [1.54, 1.807) is 0 Å². The first-order valence-electron chi connectivity index (χ1n) is 13.5. The highest BCUT2D eigenvalue weighted by Gasteiger charge is 2.26. The number of fused-ring (bicyclic) bond motifs is 4. The summed E-state index contributed by atoms with van der Waals surface area (Å²) in [6, 6.07) is 23.5. The maximum absolute atomic E-state index is 6.66. The van der Waals surface area contributed by atoms with E-state index in [4.69, 9.17) is 19.4 Å². The average molecular weight is 516 g/mol. The van der Waals surface area contributed by atoms with Crippen LogP contribution in [0.2, 0.25) is 0 Å². The Morgan fingerprint density at radius 1 is 0.718 bits per heavy atom. The van der Waals surface area contributed by atoms with Gasteiger partial charge in [0.25, 0.3) is 0 Å². The first-order valence-corrected chi connectivity index (χ1v) is 13.5. The van der Waals surface area contributed by atoms with Crippen LogP contribution in [0.1, 0.15) is 58.8 Å². The number of benzene rings is 3. The fourth-order valence-corrected chi connectivity index (χ4v) is 5.17. The number of nitrogens with zero attached hydrogens (tertiary/aromatic N) is 4. The van der Waals surface area contributed by atoms with E-state index in [1.165, 1.54) is 16.5 Å². The van der Waals surface area contributed by atoms with Gasteiger partial charge in [-0.3, -0.25) is 0 Å². The molecule has 196 valence electrons. The molecular formula is C34H35N4O+. The van der Waals surface area contributed by atoms with Gasteiger partial charge >= 0.3 is 0 Å². The molecule has 0 spiro atoms. The number of furan rings is 1. The summed E-state index contributed by atoms with van der Waals surface area (Å²) < 4.78 is 8.91. The molecule has 0 saturated heterocycles. The molecule has 0 fully saturated rings. The Kier molecular flexibility index (Phi) is 5.62. The zero-order valence-electron chi connectivity index (χ0n) is 24.0. The lowest BCUT2D eigenvalue weighted by Crippen LogP contribution is -2.32. The van der Waals surface area contributed by atoms with Gasteiger partial charge in [0.05, 0.1) is 5.56 Å². The van der Waals surface area contributed by atoms with Gasteiger partial charge in [0.1, 0.15) is 29.9 Å². The van der Waals surface area contributed by atoms with Crippen molar-refractivity contribution in [2.24, 2.45) is 7.05 Å². The zero-order valence-corrected chi connectivity index (χ0v) is 24.0. The zero-order chi connectivity index (χ0) is 27.7.